The number of hydrogen-bond acceptors (Lipinski definition) is 3. The molecule has 8 heteroatoms. The first-order valence-corrected chi connectivity index (χ1v) is 11.5. The Hall–Kier alpha value is -2.15. The topological polar surface area (TPSA) is 47.9 Å². The average Bonchev–Trinajstić information content (AvgIpc) is 2.85. The monoisotopic (exact) mass is 474 g/mol. The summed E-state index contributed by atoms with van der Waals surface area (Å²) in [6.45, 7) is 3.03. The number of piperidine rings is 1. The molecule has 0 radical (unpaired) electrons. The van der Waals surface area contributed by atoms with Crippen LogP contribution in [0, 0.1) is 0 Å². The van der Waals surface area contributed by atoms with Crippen LogP contribution in [0.15, 0.2) is 47.5 Å². The van der Waals surface area contributed by atoms with Crippen molar-refractivity contribution < 1.29 is 4.79 Å². The Morgan fingerprint density at radius 1 is 1.16 bits per heavy atom. The Morgan fingerprint density at radius 3 is 2.68 bits per heavy atom. The van der Waals surface area contributed by atoms with Gasteiger partial charge in [0.25, 0.3) is 5.91 Å². The van der Waals surface area contributed by atoms with Crippen LogP contribution >= 0.6 is 35.4 Å². The fourth-order valence-corrected chi connectivity index (χ4v) is 4.89. The van der Waals surface area contributed by atoms with Gasteiger partial charge in [-0.2, -0.15) is 0 Å². The Balaban J connectivity index is 1.78. The van der Waals surface area contributed by atoms with E-state index in [0.717, 1.165) is 36.2 Å². The predicted octanol–water partition coefficient (Wildman–Crippen LogP) is 4.88. The first-order chi connectivity index (χ1) is 14.9. The van der Waals surface area contributed by atoms with Crippen LogP contribution in [-0.4, -0.2) is 47.4 Å². The van der Waals surface area contributed by atoms with Gasteiger partial charge in [-0.3, -0.25) is 4.79 Å². The number of fused-ring (bicyclic) bond motifs is 1. The largest absolute Gasteiger partial charge is 0.347 e. The molecule has 1 N–H and O–H groups in total. The van der Waals surface area contributed by atoms with Crippen molar-refractivity contribution in [1.82, 2.24) is 10.2 Å². The molecule has 2 aromatic carbocycles. The van der Waals surface area contributed by atoms with Crippen LogP contribution in [0.1, 0.15) is 37.3 Å². The second kappa shape index (κ2) is 9.15. The molecule has 0 aromatic heterocycles. The highest BCUT2D eigenvalue weighted by Crippen LogP contribution is 2.32. The zero-order valence-electron chi connectivity index (χ0n) is 17.4. The molecule has 1 saturated heterocycles. The lowest BCUT2D eigenvalue weighted by molar-refractivity contribution is -0.119. The minimum atomic E-state index is -0.871. The molecule has 2 aromatic rings. The van der Waals surface area contributed by atoms with Crippen LogP contribution in [0.4, 0.5) is 5.69 Å². The second-order valence-electron chi connectivity index (χ2n) is 7.91. The minimum absolute atomic E-state index is 0.197. The van der Waals surface area contributed by atoms with Crippen LogP contribution in [0.2, 0.25) is 10.0 Å². The molecule has 2 atom stereocenters. The van der Waals surface area contributed by atoms with E-state index < -0.39 is 6.17 Å². The molecule has 0 bridgehead atoms. The number of anilines is 1. The van der Waals surface area contributed by atoms with Gasteiger partial charge in [-0.15, -0.1) is 0 Å². The third-order valence-corrected chi connectivity index (χ3v) is 6.77. The maximum absolute atomic E-state index is 13.4. The molecule has 0 spiro atoms. The molecule has 2 aliphatic heterocycles. The quantitative estimate of drug-likeness (QED) is 0.629. The van der Waals surface area contributed by atoms with E-state index in [9.17, 15) is 4.79 Å². The number of aliphatic imine (C=N–C) groups is 1. The van der Waals surface area contributed by atoms with Gasteiger partial charge in [0.2, 0.25) is 6.17 Å². The van der Waals surface area contributed by atoms with Gasteiger partial charge in [-0.25, -0.2) is 4.99 Å². The van der Waals surface area contributed by atoms with Crippen LogP contribution in [0.25, 0.3) is 0 Å². The number of likely N-dealkylation sites (N-methyl/N-ethyl adjacent to an activating group) is 1. The van der Waals surface area contributed by atoms with Gasteiger partial charge in [0.1, 0.15) is 0 Å². The van der Waals surface area contributed by atoms with Gasteiger partial charge in [-0.1, -0.05) is 41.4 Å². The minimum Gasteiger partial charge on any atom is -0.347 e. The molecule has 2 aliphatic rings. The highest BCUT2D eigenvalue weighted by Gasteiger charge is 2.32. The molecule has 0 saturated carbocycles. The third-order valence-electron chi connectivity index (χ3n) is 5.85. The number of carbonyl (C=O) groups is 1. The number of amides is 1. The maximum atomic E-state index is 13.4. The summed E-state index contributed by atoms with van der Waals surface area (Å²) in [7, 11) is 1.74. The summed E-state index contributed by atoms with van der Waals surface area (Å²) in [6.07, 6.45) is 2.49. The number of hydrogen-bond donors (Lipinski definition) is 1. The molecule has 31 heavy (non-hydrogen) atoms. The van der Waals surface area contributed by atoms with Crippen molar-refractivity contribution in [2.75, 3.05) is 18.5 Å². The summed E-state index contributed by atoms with van der Waals surface area (Å²) in [5.74, 6) is -0.197. The number of nitrogens with one attached hydrogen (secondary N) is 1. The van der Waals surface area contributed by atoms with E-state index in [0.29, 0.717) is 26.9 Å². The van der Waals surface area contributed by atoms with Crippen molar-refractivity contribution in [2.45, 2.75) is 38.4 Å². The Morgan fingerprint density at radius 2 is 1.94 bits per heavy atom. The molecule has 5 nitrogen and oxygen atoms in total. The van der Waals surface area contributed by atoms with Crippen molar-refractivity contribution >= 4 is 57.8 Å². The molecule has 4 rings (SSSR count). The van der Waals surface area contributed by atoms with Crippen LogP contribution < -0.4 is 10.2 Å². The Labute approximate surface area is 198 Å². The molecular formula is C23H24Cl2N4OS. The van der Waals surface area contributed by atoms with E-state index >= 15 is 0 Å². The van der Waals surface area contributed by atoms with Crippen molar-refractivity contribution in [3.8, 4) is 0 Å². The highest BCUT2D eigenvalue weighted by atomic mass is 35.5. The van der Waals surface area contributed by atoms with Gasteiger partial charge >= 0.3 is 0 Å². The zero-order valence-corrected chi connectivity index (χ0v) is 19.8. The standard InChI is InChI=1S/C23H24Cl2N4OS/c1-14-7-5-6-12-29(14)23(31)27-21-22(30)28(2)19-11-10-15(24)13-17(19)20(26-21)16-8-3-4-9-18(16)25/h3-4,8-11,13-14,21H,5-7,12H2,1-2H3,(H,27,31). The lowest BCUT2D eigenvalue weighted by Crippen LogP contribution is -2.53. The van der Waals surface area contributed by atoms with E-state index in [4.69, 9.17) is 40.4 Å². The lowest BCUT2D eigenvalue weighted by atomic mass is 10.00. The average molecular weight is 475 g/mol. The second-order valence-corrected chi connectivity index (χ2v) is 9.14. The molecule has 2 heterocycles. The molecule has 2 unspecified atom stereocenters. The van der Waals surface area contributed by atoms with Crippen molar-refractivity contribution in [2.24, 2.45) is 4.99 Å². The summed E-state index contributed by atoms with van der Waals surface area (Å²) < 4.78 is 0. The summed E-state index contributed by atoms with van der Waals surface area (Å²) in [5.41, 5.74) is 2.81. The fraction of sp³-hybridized carbons (Fsp3) is 0.348. The number of thiocarbonyl (C=S) groups is 1. The number of rotatable bonds is 2. The molecule has 1 amide bonds. The van der Waals surface area contributed by atoms with Gasteiger partial charge in [0.15, 0.2) is 5.11 Å². The fourth-order valence-electron chi connectivity index (χ4n) is 4.11. The molecular weight excluding hydrogens is 451 g/mol. The first kappa shape index (κ1) is 22.1. The number of likely N-dealkylation sites (tertiary alicyclic amines) is 1. The van der Waals surface area contributed by atoms with Crippen molar-refractivity contribution in [3.63, 3.8) is 0 Å². The van der Waals surface area contributed by atoms with E-state index in [-0.39, 0.29) is 5.91 Å². The SMILES string of the molecule is CC1CCCCN1C(=S)NC1N=C(c2ccccc2Cl)c2cc(Cl)ccc2N(C)C1=O. The van der Waals surface area contributed by atoms with Crippen molar-refractivity contribution in [3.05, 3.63) is 63.6 Å². The van der Waals surface area contributed by atoms with Crippen LogP contribution in [0.3, 0.4) is 0 Å². The predicted molar refractivity (Wildman–Crippen MR) is 131 cm³/mol. The maximum Gasteiger partial charge on any atom is 0.272 e. The lowest BCUT2D eigenvalue weighted by Gasteiger charge is -2.36. The zero-order chi connectivity index (χ0) is 22.1. The van der Waals surface area contributed by atoms with Crippen LogP contribution in [-0.2, 0) is 4.79 Å². The van der Waals surface area contributed by atoms with Gasteiger partial charge in [0, 0.05) is 40.8 Å². The summed E-state index contributed by atoms with van der Waals surface area (Å²) in [5, 5.41) is 4.87. The first-order valence-electron chi connectivity index (χ1n) is 10.3. The third kappa shape index (κ3) is 4.43. The molecule has 0 aliphatic carbocycles. The van der Waals surface area contributed by atoms with E-state index in [1.807, 2.05) is 36.4 Å². The van der Waals surface area contributed by atoms with E-state index in [2.05, 4.69) is 17.1 Å². The number of nitrogens with zero attached hydrogens (tertiary/aromatic N) is 3. The Bertz CT molecular complexity index is 1060. The smallest absolute Gasteiger partial charge is 0.272 e. The van der Waals surface area contributed by atoms with Gasteiger partial charge in [0.05, 0.1) is 11.4 Å². The molecule has 162 valence electrons. The molecule has 1 fully saturated rings. The normalized spacial score (nSPS) is 21.3. The summed E-state index contributed by atoms with van der Waals surface area (Å²) in [4.78, 5) is 21.9. The number of benzodiazepines with no additional fused rings is 1. The van der Waals surface area contributed by atoms with Gasteiger partial charge < -0.3 is 15.1 Å². The van der Waals surface area contributed by atoms with Crippen LogP contribution in [0.5, 0.6) is 0 Å². The Kier molecular flexibility index (Phi) is 6.51. The highest BCUT2D eigenvalue weighted by molar-refractivity contribution is 7.80. The van der Waals surface area contributed by atoms with E-state index in [1.165, 1.54) is 6.42 Å². The van der Waals surface area contributed by atoms with Gasteiger partial charge in [-0.05, 0) is 62.7 Å². The van der Waals surface area contributed by atoms with E-state index in [1.54, 1.807) is 18.0 Å². The number of carbonyl (C=O) groups excluding carboxylic acids is 1. The van der Waals surface area contributed by atoms with Crippen molar-refractivity contribution in [1.29, 1.82) is 0 Å². The summed E-state index contributed by atoms with van der Waals surface area (Å²) >= 11 is 18.5. The number of benzene rings is 2. The summed E-state index contributed by atoms with van der Waals surface area (Å²) in [6, 6.07) is 13.2. The number of halogens is 2.